The number of hydrogen-bond acceptors (Lipinski definition) is 6. The van der Waals surface area contributed by atoms with Crippen molar-refractivity contribution in [1.82, 2.24) is 9.80 Å². The molecule has 0 aromatic heterocycles. The van der Waals surface area contributed by atoms with Gasteiger partial charge >= 0.3 is 17.9 Å². The molecule has 0 radical (unpaired) electrons. The van der Waals surface area contributed by atoms with E-state index in [1.807, 2.05) is 0 Å². The number of hydrogen-bond donors (Lipinski definition) is 1. The van der Waals surface area contributed by atoms with E-state index in [4.69, 9.17) is 14.2 Å². The molecule has 1 aliphatic rings. The summed E-state index contributed by atoms with van der Waals surface area (Å²) in [6, 6.07) is 4.89. The van der Waals surface area contributed by atoms with E-state index in [0.29, 0.717) is 36.9 Å². The molecule has 0 bridgehead atoms. The van der Waals surface area contributed by atoms with Gasteiger partial charge in [0.25, 0.3) is 0 Å². The van der Waals surface area contributed by atoms with Crippen LogP contribution in [-0.4, -0.2) is 74.7 Å². The Morgan fingerprint density at radius 2 is 1.69 bits per heavy atom. The third-order valence-electron chi connectivity index (χ3n) is 3.94. The van der Waals surface area contributed by atoms with Crippen LogP contribution >= 0.6 is 0 Å². The molecule has 0 saturated carbocycles. The lowest BCUT2D eigenvalue weighted by atomic mass is 10.2. The Balaban J connectivity index is 1.96. The minimum atomic E-state index is -0.777. The van der Waals surface area contributed by atoms with Gasteiger partial charge in [0.05, 0.1) is 26.5 Å². The minimum Gasteiger partial charge on any atom is -0.497 e. The van der Waals surface area contributed by atoms with Crippen molar-refractivity contribution in [3.05, 3.63) is 18.2 Å². The first kappa shape index (κ1) is 19.4. The summed E-state index contributed by atoms with van der Waals surface area (Å²) in [6.45, 7) is 3.19. The summed E-state index contributed by atoms with van der Waals surface area (Å²) in [6.07, 6.45) is -0.412. The monoisotopic (exact) mass is 365 g/mol. The Kier molecular flexibility index (Phi) is 6.65. The molecule has 0 atom stereocenters. The van der Waals surface area contributed by atoms with E-state index >= 15 is 0 Å². The highest BCUT2D eigenvalue weighted by molar-refractivity contribution is 6.39. The predicted octanol–water partition coefficient (Wildman–Crippen LogP) is 0.943. The number of carbonyl (C=O) groups is 3. The summed E-state index contributed by atoms with van der Waals surface area (Å²) < 4.78 is 15.2. The van der Waals surface area contributed by atoms with Crippen LogP contribution in [0.25, 0.3) is 0 Å². The highest BCUT2D eigenvalue weighted by atomic mass is 16.6. The summed E-state index contributed by atoms with van der Waals surface area (Å²) in [4.78, 5) is 39.2. The number of benzene rings is 1. The standard InChI is InChI=1S/C17H23N3O6/c1-4-26-17(23)20-9-7-19(8-10-20)16(22)15(21)18-13-11-12(24-2)5-6-14(13)25-3/h5-6,11H,4,7-10H2,1-3H3,(H,18,21). The summed E-state index contributed by atoms with van der Waals surface area (Å²) in [7, 11) is 2.97. The first-order valence-corrected chi connectivity index (χ1v) is 8.24. The van der Waals surface area contributed by atoms with Crippen molar-refractivity contribution in [1.29, 1.82) is 0 Å². The number of nitrogens with one attached hydrogen (secondary N) is 1. The van der Waals surface area contributed by atoms with Crippen LogP contribution in [0.15, 0.2) is 18.2 Å². The topological polar surface area (TPSA) is 97.4 Å². The molecule has 0 unspecified atom stereocenters. The summed E-state index contributed by atoms with van der Waals surface area (Å²) >= 11 is 0. The molecule has 3 amide bonds. The number of piperazine rings is 1. The molecule has 0 aliphatic carbocycles. The number of ether oxygens (including phenoxy) is 3. The fraction of sp³-hybridized carbons (Fsp3) is 0.471. The third kappa shape index (κ3) is 4.56. The molecule has 0 spiro atoms. The van der Waals surface area contributed by atoms with Gasteiger partial charge in [0.15, 0.2) is 0 Å². The van der Waals surface area contributed by atoms with Gasteiger partial charge in [0.2, 0.25) is 0 Å². The molecule has 142 valence electrons. The van der Waals surface area contributed by atoms with E-state index in [1.165, 1.54) is 24.0 Å². The maximum atomic E-state index is 12.4. The molecular weight excluding hydrogens is 342 g/mol. The van der Waals surface area contributed by atoms with Crippen LogP contribution in [0.2, 0.25) is 0 Å². The lowest BCUT2D eigenvalue weighted by Crippen LogP contribution is -2.53. The van der Waals surface area contributed by atoms with Crippen molar-refractivity contribution >= 4 is 23.6 Å². The van der Waals surface area contributed by atoms with Crippen LogP contribution in [0.5, 0.6) is 11.5 Å². The van der Waals surface area contributed by atoms with Crippen LogP contribution < -0.4 is 14.8 Å². The van der Waals surface area contributed by atoms with Crippen molar-refractivity contribution in [2.24, 2.45) is 0 Å². The Morgan fingerprint density at radius 1 is 1.04 bits per heavy atom. The number of amides is 3. The van der Waals surface area contributed by atoms with Crippen LogP contribution in [-0.2, 0) is 14.3 Å². The number of nitrogens with zero attached hydrogens (tertiary/aromatic N) is 2. The van der Waals surface area contributed by atoms with Crippen LogP contribution in [0.1, 0.15) is 6.92 Å². The minimum absolute atomic E-state index is 0.264. The van der Waals surface area contributed by atoms with Gasteiger partial charge in [0.1, 0.15) is 11.5 Å². The predicted molar refractivity (Wildman–Crippen MR) is 93.4 cm³/mol. The van der Waals surface area contributed by atoms with Crippen molar-refractivity contribution in [2.45, 2.75) is 6.92 Å². The smallest absolute Gasteiger partial charge is 0.409 e. The van der Waals surface area contributed by atoms with Gasteiger partial charge in [-0.2, -0.15) is 0 Å². The molecule has 2 rings (SSSR count). The number of carbonyl (C=O) groups excluding carboxylic acids is 3. The fourth-order valence-electron chi connectivity index (χ4n) is 2.54. The second kappa shape index (κ2) is 8.93. The average molecular weight is 365 g/mol. The van der Waals surface area contributed by atoms with Gasteiger partial charge < -0.3 is 29.3 Å². The van der Waals surface area contributed by atoms with E-state index in [-0.39, 0.29) is 13.1 Å². The molecule has 1 heterocycles. The molecule has 26 heavy (non-hydrogen) atoms. The molecule has 1 N–H and O–H groups in total. The van der Waals surface area contributed by atoms with E-state index in [9.17, 15) is 14.4 Å². The number of rotatable bonds is 4. The summed E-state index contributed by atoms with van der Waals surface area (Å²) in [5.41, 5.74) is 0.343. The van der Waals surface area contributed by atoms with Gasteiger partial charge in [-0.15, -0.1) is 0 Å². The Morgan fingerprint density at radius 3 is 2.27 bits per heavy atom. The zero-order valence-electron chi connectivity index (χ0n) is 15.1. The molecule has 9 heteroatoms. The van der Waals surface area contributed by atoms with Gasteiger partial charge in [-0.1, -0.05) is 0 Å². The highest BCUT2D eigenvalue weighted by Gasteiger charge is 2.28. The lowest BCUT2D eigenvalue weighted by molar-refractivity contribution is -0.144. The van der Waals surface area contributed by atoms with Gasteiger partial charge in [-0.25, -0.2) is 4.79 Å². The molecular formula is C17H23N3O6. The zero-order valence-corrected chi connectivity index (χ0v) is 15.1. The van der Waals surface area contributed by atoms with Crippen molar-refractivity contribution in [3.8, 4) is 11.5 Å². The molecule has 9 nitrogen and oxygen atoms in total. The van der Waals surface area contributed by atoms with Gasteiger partial charge in [-0.05, 0) is 19.1 Å². The average Bonchev–Trinajstić information content (AvgIpc) is 2.67. The molecule has 1 fully saturated rings. The molecule has 1 aromatic rings. The Bertz CT molecular complexity index is 670. The highest BCUT2D eigenvalue weighted by Crippen LogP contribution is 2.28. The second-order valence-corrected chi connectivity index (χ2v) is 5.50. The summed E-state index contributed by atoms with van der Waals surface area (Å²) in [5.74, 6) is -0.504. The van der Waals surface area contributed by atoms with E-state index < -0.39 is 17.9 Å². The number of methoxy groups -OCH3 is 2. The van der Waals surface area contributed by atoms with E-state index in [0.717, 1.165) is 0 Å². The molecule has 1 aromatic carbocycles. The third-order valence-corrected chi connectivity index (χ3v) is 3.94. The van der Waals surface area contributed by atoms with Gasteiger partial charge in [0, 0.05) is 32.2 Å². The van der Waals surface area contributed by atoms with E-state index in [1.54, 1.807) is 25.1 Å². The van der Waals surface area contributed by atoms with Crippen LogP contribution in [0.4, 0.5) is 10.5 Å². The lowest BCUT2D eigenvalue weighted by Gasteiger charge is -2.33. The maximum Gasteiger partial charge on any atom is 0.409 e. The van der Waals surface area contributed by atoms with Gasteiger partial charge in [-0.3, -0.25) is 9.59 Å². The quantitative estimate of drug-likeness (QED) is 0.798. The molecule has 1 saturated heterocycles. The first-order chi connectivity index (χ1) is 12.5. The zero-order chi connectivity index (χ0) is 19.1. The fourth-order valence-corrected chi connectivity index (χ4v) is 2.54. The van der Waals surface area contributed by atoms with Crippen molar-refractivity contribution < 1.29 is 28.6 Å². The first-order valence-electron chi connectivity index (χ1n) is 8.24. The number of anilines is 1. The summed E-state index contributed by atoms with van der Waals surface area (Å²) in [5, 5.41) is 2.55. The van der Waals surface area contributed by atoms with Crippen molar-refractivity contribution in [2.75, 3.05) is 52.3 Å². The van der Waals surface area contributed by atoms with Crippen LogP contribution in [0.3, 0.4) is 0 Å². The maximum absolute atomic E-state index is 12.4. The van der Waals surface area contributed by atoms with E-state index in [2.05, 4.69) is 5.32 Å². The van der Waals surface area contributed by atoms with Crippen molar-refractivity contribution in [3.63, 3.8) is 0 Å². The van der Waals surface area contributed by atoms with Crippen LogP contribution in [0, 0.1) is 0 Å². The largest absolute Gasteiger partial charge is 0.497 e. The molecule has 1 aliphatic heterocycles. The second-order valence-electron chi connectivity index (χ2n) is 5.50. The normalized spacial score (nSPS) is 13.8. The Hall–Kier alpha value is -2.97. The Labute approximate surface area is 151 Å². The SMILES string of the molecule is CCOC(=O)N1CCN(C(=O)C(=O)Nc2cc(OC)ccc2OC)CC1.